The molecule has 0 radical (unpaired) electrons. The second-order valence-corrected chi connectivity index (χ2v) is 6.13. The van der Waals surface area contributed by atoms with Crippen molar-refractivity contribution in [2.24, 2.45) is 7.05 Å². The lowest BCUT2D eigenvalue weighted by Crippen LogP contribution is -2.21. The monoisotopic (exact) mass is 377 g/mol. The summed E-state index contributed by atoms with van der Waals surface area (Å²) in [6.07, 6.45) is 5.36. The number of amides is 1. The first kappa shape index (κ1) is 17.5. The van der Waals surface area contributed by atoms with Gasteiger partial charge in [0.2, 0.25) is 0 Å². The molecular formula is C19H19N7O2. The number of hydrogen-bond donors (Lipinski definition) is 2. The van der Waals surface area contributed by atoms with Gasteiger partial charge in [-0.25, -0.2) is 4.52 Å². The number of fused-ring (bicyclic) bond motifs is 1. The molecule has 0 aliphatic heterocycles. The molecule has 3 aromatic heterocycles. The minimum atomic E-state index is -0.328. The van der Waals surface area contributed by atoms with Gasteiger partial charge in [0.15, 0.2) is 11.4 Å². The average Bonchev–Trinajstić information content (AvgIpc) is 3.29. The van der Waals surface area contributed by atoms with E-state index in [9.17, 15) is 4.79 Å². The van der Waals surface area contributed by atoms with Crippen LogP contribution < -0.4 is 15.4 Å². The van der Waals surface area contributed by atoms with Crippen LogP contribution in [0.5, 0.6) is 5.75 Å². The summed E-state index contributed by atoms with van der Waals surface area (Å²) in [4.78, 5) is 12.1. The number of ether oxygens (including phenoxy) is 1. The Morgan fingerprint density at radius 3 is 2.79 bits per heavy atom. The number of carbonyl (C=O) groups excluding carboxylic acids is 1. The molecule has 3 heterocycles. The first-order valence-electron chi connectivity index (χ1n) is 8.61. The molecule has 0 saturated carbocycles. The van der Waals surface area contributed by atoms with Crippen molar-refractivity contribution in [3.8, 4) is 17.0 Å². The Bertz CT molecular complexity index is 1160. The van der Waals surface area contributed by atoms with Crippen LogP contribution in [0.4, 0.5) is 11.4 Å². The van der Waals surface area contributed by atoms with E-state index in [1.807, 2.05) is 52.8 Å². The minimum Gasteiger partial charge on any atom is -0.494 e. The second-order valence-electron chi connectivity index (χ2n) is 6.13. The van der Waals surface area contributed by atoms with Crippen LogP contribution in [0.15, 0.2) is 48.9 Å². The molecule has 142 valence electrons. The maximum atomic E-state index is 12.1. The molecule has 0 saturated heterocycles. The molecule has 0 bridgehead atoms. The highest BCUT2D eigenvalue weighted by Gasteiger charge is 2.18. The van der Waals surface area contributed by atoms with Crippen LogP contribution in [0.25, 0.3) is 16.9 Å². The molecule has 1 aromatic carbocycles. The van der Waals surface area contributed by atoms with E-state index < -0.39 is 0 Å². The van der Waals surface area contributed by atoms with Crippen LogP contribution in [-0.2, 0) is 7.05 Å². The molecule has 2 N–H and O–H groups in total. The quantitative estimate of drug-likeness (QED) is 0.553. The molecule has 4 rings (SSSR count). The summed E-state index contributed by atoms with van der Waals surface area (Å²) in [6, 6.07) is 9.39. The van der Waals surface area contributed by atoms with Gasteiger partial charge in [-0.2, -0.15) is 10.2 Å². The van der Waals surface area contributed by atoms with Crippen LogP contribution >= 0.6 is 0 Å². The molecule has 0 atom stereocenters. The van der Waals surface area contributed by atoms with E-state index >= 15 is 0 Å². The molecule has 0 spiro atoms. The van der Waals surface area contributed by atoms with Crippen LogP contribution in [0.2, 0.25) is 0 Å². The number of rotatable bonds is 5. The summed E-state index contributed by atoms with van der Waals surface area (Å²) in [7, 11) is 5.11. The van der Waals surface area contributed by atoms with Gasteiger partial charge in [0, 0.05) is 38.1 Å². The number of carbonyl (C=O) groups is 1. The summed E-state index contributed by atoms with van der Waals surface area (Å²) in [5.74, 6) is 0.289. The summed E-state index contributed by atoms with van der Waals surface area (Å²) in [5, 5.41) is 18.1. The molecule has 9 nitrogen and oxygen atoms in total. The van der Waals surface area contributed by atoms with Crippen LogP contribution in [0.1, 0.15) is 10.5 Å². The van der Waals surface area contributed by atoms with Crippen molar-refractivity contribution in [2.75, 3.05) is 19.5 Å². The topological polar surface area (TPSA) is 98.4 Å². The Balaban J connectivity index is 1.77. The van der Waals surface area contributed by atoms with E-state index in [-0.39, 0.29) is 11.6 Å². The first-order valence-corrected chi connectivity index (χ1v) is 8.61. The SMILES string of the molecule is CNC(=O)c1nnccc1Nc1cccc(-c2cc3n(C)ccn3n2)c1OC. The van der Waals surface area contributed by atoms with Gasteiger partial charge >= 0.3 is 0 Å². The molecule has 1 amide bonds. The number of nitrogens with zero attached hydrogens (tertiary/aromatic N) is 5. The molecule has 0 aliphatic carbocycles. The van der Waals surface area contributed by atoms with E-state index in [0.717, 1.165) is 16.9 Å². The summed E-state index contributed by atoms with van der Waals surface area (Å²) >= 11 is 0. The Kier molecular flexibility index (Phi) is 4.40. The number of aromatic nitrogens is 5. The number of imidazole rings is 1. The van der Waals surface area contributed by atoms with Gasteiger partial charge < -0.3 is 19.9 Å². The van der Waals surface area contributed by atoms with Crippen LogP contribution in [0, 0.1) is 0 Å². The van der Waals surface area contributed by atoms with Gasteiger partial charge in [-0.05, 0) is 18.2 Å². The van der Waals surface area contributed by atoms with Gasteiger partial charge in [-0.1, -0.05) is 6.07 Å². The third kappa shape index (κ3) is 2.92. The average molecular weight is 377 g/mol. The van der Waals surface area contributed by atoms with E-state index in [0.29, 0.717) is 17.1 Å². The summed E-state index contributed by atoms with van der Waals surface area (Å²) in [6.45, 7) is 0. The fraction of sp³-hybridized carbons (Fsp3) is 0.158. The van der Waals surface area contributed by atoms with E-state index in [4.69, 9.17) is 4.74 Å². The Morgan fingerprint density at radius 1 is 1.18 bits per heavy atom. The maximum Gasteiger partial charge on any atom is 0.273 e. The highest BCUT2D eigenvalue weighted by Crippen LogP contribution is 2.37. The third-order valence-electron chi connectivity index (χ3n) is 4.44. The number of aryl methyl sites for hydroxylation is 1. The number of hydrogen-bond acceptors (Lipinski definition) is 6. The van der Waals surface area contributed by atoms with E-state index in [2.05, 4.69) is 25.9 Å². The van der Waals surface area contributed by atoms with Crippen molar-refractivity contribution in [3.63, 3.8) is 0 Å². The Morgan fingerprint density at radius 2 is 2.04 bits per heavy atom. The van der Waals surface area contributed by atoms with Crippen molar-refractivity contribution >= 4 is 22.9 Å². The Hall–Kier alpha value is -3.88. The molecule has 9 heteroatoms. The zero-order chi connectivity index (χ0) is 19.7. The predicted octanol–water partition coefficient (Wildman–Crippen LogP) is 2.24. The summed E-state index contributed by atoms with van der Waals surface area (Å²) < 4.78 is 9.48. The molecule has 0 aliphatic rings. The van der Waals surface area contributed by atoms with Gasteiger partial charge in [-0.3, -0.25) is 4.79 Å². The van der Waals surface area contributed by atoms with Crippen LogP contribution in [0.3, 0.4) is 0 Å². The predicted molar refractivity (Wildman–Crippen MR) is 105 cm³/mol. The first-order chi connectivity index (χ1) is 13.6. The zero-order valence-electron chi connectivity index (χ0n) is 15.7. The molecule has 0 fully saturated rings. The normalized spacial score (nSPS) is 10.8. The van der Waals surface area contributed by atoms with Crippen molar-refractivity contribution < 1.29 is 9.53 Å². The second kappa shape index (κ2) is 7.03. The molecular weight excluding hydrogens is 358 g/mol. The van der Waals surface area contributed by atoms with Gasteiger partial charge in [0.25, 0.3) is 5.91 Å². The highest BCUT2D eigenvalue weighted by atomic mass is 16.5. The standard InChI is InChI=1S/C19H19N7O2/c1-20-19(27)17-13(7-8-21-23-17)22-14-6-4-5-12(18(14)28-3)15-11-16-25(2)9-10-26(16)24-15/h4-11H,1-3H3,(H,20,27)(H,21,22). The lowest BCUT2D eigenvalue weighted by atomic mass is 10.1. The number of para-hydroxylation sites is 1. The van der Waals surface area contributed by atoms with Gasteiger partial charge in [0.05, 0.1) is 30.4 Å². The number of anilines is 2. The van der Waals surface area contributed by atoms with Gasteiger partial charge in [-0.15, -0.1) is 5.10 Å². The van der Waals surface area contributed by atoms with Crippen molar-refractivity contribution in [2.45, 2.75) is 0 Å². The van der Waals surface area contributed by atoms with Crippen molar-refractivity contribution in [1.29, 1.82) is 0 Å². The molecule has 4 aromatic rings. The largest absolute Gasteiger partial charge is 0.494 e. The number of benzene rings is 1. The van der Waals surface area contributed by atoms with Crippen molar-refractivity contribution in [1.82, 2.24) is 29.7 Å². The lowest BCUT2D eigenvalue weighted by molar-refractivity contribution is 0.0958. The number of methoxy groups -OCH3 is 1. The smallest absolute Gasteiger partial charge is 0.273 e. The third-order valence-corrected chi connectivity index (χ3v) is 4.44. The lowest BCUT2D eigenvalue weighted by Gasteiger charge is -2.15. The van der Waals surface area contributed by atoms with E-state index in [1.54, 1.807) is 20.2 Å². The number of nitrogens with one attached hydrogen (secondary N) is 2. The van der Waals surface area contributed by atoms with Gasteiger partial charge in [0.1, 0.15) is 5.65 Å². The maximum absolute atomic E-state index is 12.1. The minimum absolute atomic E-state index is 0.199. The van der Waals surface area contributed by atoms with E-state index in [1.165, 1.54) is 6.20 Å². The molecule has 0 unspecified atom stereocenters. The molecule has 28 heavy (non-hydrogen) atoms. The van der Waals surface area contributed by atoms with Crippen molar-refractivity contribution in [3.05, 3.63) is 54.6 Å². The van der Waals surface area contributed by atoms with Crippen LogP contribution in [-0.4, -0.2) is 44.4 Å². The zero-order valence-corrected chi connectivity index (χ0v) is 15.7. The Labute approximate surface area is 161 Å². The summed E-state index contributed by atoms with van der Waals surface area (Å²) in [5.41, 5.74) is 4.00. The highest BCUT2D eigenvalue weighted by molar-refractivity contribution is 5.98. The fourth-order valence-electron chi connectivity index (χ4n) is 3.05. The fourth-order valence-corrected chi connectivity index (χ4v) is 3.05.